The summed E-state index contributed by atoms with van der Waals surface area (Å²) in [4.78, 5) is 15.9. The van der Waals surface area contributed by atoms with Gasteiger partial charge in [-0.05, 0) is 42.3 Å². The van der Waals surface area contributed by atoms with Crippen LogP contribution in [0.2, 0.25) is 5.02 Å². The average molecular weight is 275 g/mol. The molecule has 1 aromatic carbocycles. The van der Waals surface area contributed by atoms with Crippen LogP contribution in [0.3, 0.4) is 0 Å². The Morgan fingerprint density at radius 3 is 2.47 bits per heavy atom. The number of pyridine rings is 1. The van der Waals surface area contributed by atoms with E-state index < -0.39 is 0 Å². The summed E-state index contributed by atoms with van der Waals surface area (Å²) >= 11 is 5.81. The lowest BCUT2D eigenvalue weighted by Crippen LogP contribution is -2.28. The molecule has 1 amide bonds. The Hall–Kier alpha value is -1.87. The van der Waals surface area contributed by atoms with Crippen LogP contribution in [0.1, 0.15) is 24.1 Å². The summed E-state index contributed by atoms with van der Waals surface area (Å²) in [7, 11) is 0. The molecule has 0 bridgehead atoms. The van der Waals surface area contributed by atoms with Crippen molar-refractivity contribution in [1.82, 2.24) is 10.3 Å². The first-order valence-electron chi connectivity index (χ1n) is 6.09. The van der Waals surface area contributed by atoms with E-state index in [1.807, 2.05) is 31.2 Å². The van der Waals surface area contributed by atoms with Crippen molar-refractivity contribution in [1.29, 1.82) is 0 Å². The van der Waals surface area contributed by atoms with Gasteiger partial charge < -0.3 is 5.32 Å². The molecule has 0 spiro atoms. The lowest BCUT2D eigenvalue weighted by Gasteiger charge is -2.14. The number of rotatable bonds is 4. The topological polar surface area (TPSA) is 42.0 Å². The largest absolute Gasteiger partial charge is 0.349 e. The molecule has 4 heteroatoms. The number of nitrogens with one attached hydrogen (secondary N) is 1. The molecule has 2 rings (SSSR count). The summed E-state index contributed by atoms with van der Waals surface area (Å²) in [5.41, 5.74) is 1.99. The lowest BCUT2D eigenvalue weighted by atomic mass is 10.1. The van der Waals surface area contributed by atoms with Gasteiger partial charge in [-0.25, -0.2) is 0 Å². The van der Waals surface area contributed by atoms with Crippen LogP contribution in [-0.2, 0) is 11.2 Å². The molecule has 0 saturated carbocycles. The van der Waals surface area contributed by atoms with Crippen LogP contribution in [0, 0.1) is 0 Å². The monoisotopic (exact) mass is 274 g/mol. The molecule has 2 aromatic rings. The highest BCUT2D eigenvalue weighted by molar-refractivity contribution is 6.30. The molecule has 0 fully saturated rings. The van der Waals surface area contributed by atoms with Crippen LogP contribution < -0.4 is 5.32 Å². The Morgan fingerprint density at radius 1 is 1.21 bits per heavy atom. The molecule has 19 heavy (non-hydrogen) atoms. The van der Waals surface area contributed by atoms with Crippen molar-refractivity contribution >= 4 is 17.5 Å². The Labute approximate surface area is 117 Å². The van der Waals surface area contributed by atoms with Crippen LogP contribution >= 0.6 is 11.6 Å². The maximum atomic E-state index is 11.9. The molecule has 1 atom stereocenters. The van der Waals surface area contributed by atoms with E-state index in [0.717, 1.165) is 11.1 Å². The second-order valence-electron chi connectivity index (χ2n) is 4.37. The molecule has 0 aliphatic rings. The number of aromatic nitrogens is 1. The van der Waals surface area contributed by atoms with Crippen molar-refractivity contribution < 1.29 is 4.79 Å². The molecular formula is C15H15ClN2O. The van der Waals surface area contributed by atoms with Gasteiger partial charge in [-0.3, -0.25) is 9.78 Å². The Morgan fingerprint density at radius 2 is 1.84 bits per heavy atom. The van der Waals surface area contributed by atoms with E-state index in [2.05, 4.69) is 10.3 Å². The van der Waals surface area contributed by atoms with Crippen molar-refractivity contribution in [2.24, 2.45) is 0 Å². The number of carbonyl (C=O) groups is 1. The zero-order valence-corrected chi connectivity index (χ0v) is 11.4. The predicted octanol–water partition coefficient (Wildman–Crippen LogP) is 3.15. The van der Waals surface area contributed by atoms with Crippen molar-refractivity contribution in [2.75, 3.05) is 0 Å². The summed E-state index contributed by atoms with van der Waals surface area (Å²) in [6, 6.07) is 11.1. The fourth-order valence-corrected chi connectivity index (χ4v) is 1.94. The third-order valence-electron chi connectivity index (χ3n) is 2.86. The average Bonchev–Trinajstić information content (AvgIpc) is 2.42. The summed E-state index contributed by atoms with van der Waals surface area (Å²) in [5, 5.41) is 3.63. The number of nitrogens with zero attached hydrogens (tertiary/aromatic N) is 1. The van der Waals surface area contributed by atoms with E-state index in [-0.39, 0.29) is 11.9 Å². The molecule has 0 radical (unpaired) electrons. The van der Waals surface area contributed by atoms with E-state index in [1.165, 1.54) is 0 Å². The van der Waals surface area contributed by atoms with Crippen LogP contribution in [-0.4, -0.2) is 10.9 Å². The quantitative estimate of drug-likeness (QED) is 0.931. The summed E-state index contributed by atoms with van der Waals surface area (Å²) in [6.07, 6.45) is 3.79. The van der Waals surface area contributed by atoms with Crippen LogP contribution in [0.4, 0.5) is 0 Å². The van der Waals surface area contributed by atoms with Gasteiger partial charge in [0.2, 0.25) is 5.91 Å². The molecule has 0 saturated heterocycles. The van der Waals surface area contributed by atoms with Crippen molar-refractivity contribution in [3.05, 3.63) is 64.9 Å². The van der Waals surface area contributed by atoms with Gasteiger partial charge in [0.05, 0.1) is 12.5 Å². The van der Waals surface area contributed by atoms with Gasteiger partial charge >= 0.3 is 0 Å². The highest BCUT2D eigenvalue weighted by Gasteiger charge is 2.09. The van der Waals surface area contributed by atoms with E-state index in [4.69, 9.17) is 11.6 Å². The summed E-state index contributed by atoms with van der Waals surface area (Å²) < 4.78 is 0. The third kappa shape index (κ3) is 4.07. The Kier molecular flexibility index (Phi) is 4.53. The first-order chi connectivity index (χ1) is 9.15. The number of hydrogen-bond acceptors (Lipinski definition) is 2. The molecule has 1 heterocycles. The van der Waals surface area contributed by atoms with E-state index in [9.17, 15) is 4.79 Å². The van der Waals surface area contributed by atoms with Crippen LogP contribution in [0.5, 0.6) is 0 Å². The molecule has 0 aliphatic carbocycles. The number of amides is 1. The van der Waals surface area contributed by atoms with Crippen molar-refractivity contribution in [3.8, 4) is 0 Å². The zero-order valence-electron chi connectivity index (χ0n) is 10.6. The lowest BCUT2D eigenvalue weighted by molar-refractivity contribution is -0.121. The second-order valence-corrected chi connectivity index (χ2v) is 4.81. The van der Waals surface area contributed by atoms with Crippen molar-refractivity contribution in [2.45, 2.75) is 19.4 Å². The minimum absolute atomic E-state index is 0.00775. The van der Waals surface area contributed by atoms with E-state index >= 15 is 0 Å². The first-order valence-corrected chi connectivity index (χ1v) is 6.46. The molecule has 1 N–H and O–H groups in total. The van der Waals surface area contributed by atoms with E-state index in [1.54, 1.807) is 24.5 Å². The maximum absolute atomic E-state index is 11.9. The molecule has 1 unspecified atom stereocenters. The normalized spacial score (nSPS) is 11.9. The highest BCUT2D eigenvalue weighted by atomic mass is 35.5. The first kappa shape index (κ1) is 13.6. The van der Waals surface area contributed by atoms with Gasteiger partial charge in [-0.1, -0.05) is 23.7 Å². The van der Waals surface area contributed by atoms with Gasteiger partial charge in [-0.15, -0.1) is 0 Å². The zero-order chi connectivity index (χ0) is 13.7. The smallest absolute Gasteiger partial charge is 0.224 e. The van der Waals surface area contributed by atoms with Gasteiger partial charge in [0.25, 0.3) is 0 Å². The van der Waals surface area contributed by atoms with Crippen LogP contribution in [0.15, 0.2) is 48.8 Å². The van der Waals surface area contributed by atoms with Gasteiger partial charge in [0.1, 0.15) is 0 Å². The fourth-order valence-electron chi connectivity index (χ4n) is 1.82. The number of halogens is 1. The van der Waals surface area contributed by atoms with Crippen LogP contribution in [0.25, 0.3) is 0 Å². The number of hydrogen-bond donors (Lipinski definition) is 1. The SMILES string of the molecule is CC(NC(=O)Cc1ccc(Cl)cc1)c1ccncc1. The molecule has 3 nitrogen and oxygen atoms in total. The standard InChI is InChI=1S/C15H15ClN2O/c1-11(13-6-8-17-9-7-13)18-15(19)10-12-2-4-14(16)5-3-12/h2-9,11H,10H2,1H3,(H,18,19). The number of carbonyl (C=O) groups excluding carboxylic acids is 1. The fraction of sp³-hybridized carbons (Fsp3) is 0.200. The van der Waals surface area contributed by atoms with Crippen molar-refractivity contribution in [3.63, 3.8) is 0 Å². The molecule has 98 valence electrons. The predicted molar refractivity (Wildman–Crippen MR) is 76.0 cm³/mol. The minimum Gasteiger partial charge on any atom is -0.349 e. The molecule has 0 aliphatic heterocycles. The highest BCUT2D eigenvalue weighted by Crippen LogP contribution is 2.12. The Bertz CT molecular complexity index is 540. The second kappa shape index (κ2) is 6.34. The van der Waals surface area contributed by atoms with Gasteiger partial charge in [0, 0.05) is 17.4 Å². The third-order valence-corrected chi connectivity index (χ3v) is 3.11. The van der Waals surface area contributed by atoms with E-state index in [0.29, 0.717) is 11.4 Å². The number of benzene rings is 1. The minimum atomic E-state index is -0.0252. The Balaban J connectivity index is 1.93. The van der Waals surface area contributed by atoms with Gasteiger partial charge in [-0.2, -0.15) is 0 Å². The summed E-state index contributed by atoms with van der Waals surface area (Å²) in [5.74, 6) is -0.00775. The molecule has 1 aromatic heterocycles. The maximum Gasteiger partial charge on any atom is 0.224 e. The molecular weight excluding hydrogens is 260 g/mol. The summed E-state index contributed by atoms with van der Waals surface area (Å²) in [6.45, 7) is 1.95. The van der Waals surface area contributed by atoms with Gasteiger partial charge in [0.15, 0.2) is 0 Å².